The van der Waals surface area contributed by atoms with E-state index in [0.717, 1.165) is 124 Å². The number of ether oxygens (including phenoxy) is 6. The van der Waals surface area contributed by atoms with Crippen molar-refractivity contribution in [3.8, 4) is 45.3 Å². The maximum atomic E-state index is 13.7. The van der Waals surface area contributed by atoms with E-state index in [2.05, 4.69) is 85.7 Å². The lowest BCUT2D eigenvalue weighted by Crippen LogP contribution is -2.10. The van der Waals surface area contributed by atoms with Crippen molar-refractivity contribution in [1.29, 1.82) is 0 Å². The highest BCUT2D eigenvalue weighted by Gasteiger charge is 2.16. The molecule has 0 amide bonds. The SMILES string of the molecule is C=CC(=O)OCCCCCCOc1ccc(C(=O)Oc2ccc(-c3ccc(CCCCC)cc3)cc2/C=N/N=C/c2cc(-c3ccc(CCCCC)cc3)ccc2OC(=O)c2ccc(OCCCCCCOC(=O)C=C)cc2)cc1. The van der Waals surface area contributed by atoms with Crippen LogP contribution in [0.1, 0.15) is 147 Å². The molecule has 12 nitrogen and oxygen atoms in total. The van der Waals surface area contributed by atoms with Crippen LogP contribution < -0.4 is 18.9 Å². The Labute approximate surface area is 472 Å². The molecule has 0 aliphatic carbocycles. The molecule has 6 rings (SSSR count). The van der Waals surface area contributed by atoms with E-state index in [9.17, 15) is 19.2 Å². The summed E-state index contributed by atoms with van der Waals surface area (Å²) in [6, 6.07) is 41.9. The van der Waals surface area contributed by atoms with Crippen molar-refractivity contribution in [1.82, 2.24) is 0 Å². The predicted molar refractivity (Wildman–Crippen MR) is 318 cm³/mol. The summed E-state index contributed by atoms with van der Waals surface area (Å²) in [6.45, 7) is 13.0. The first-order valence-electron chi connectivity index (χ1n) is 28.2. The molecule has 0 saturated carbocycles. The first kappa shape index (κ1) is 60.8. The number of nitrogens with zero attached hydrogens (tertiary/aromatic N) is 2. The van der Waals surface area contributed by atoms with Crippen LogP contribution in [-0.2, 0) is 31.9 Å². The molecule has 6 aromatic rings. The minimum atomic E-state index is -0.551. The van der Waals surface area contributed by atoms with Crippen LogP contribution in [0.15, 0.2) is 169 Å². The molecule has 0 aliphatic heterocycles. The largest absolute Gasteiger partial charge is 0.494 e. The van der Waals surface area contributed by atoms with Gasteiger partial charge in [-0.1, -0.05) is 113 Å². The third-order valence-corrected chi connectivity index (χ3v) is 13.2. The molecule has 0 heterocycles. The maximum absolute atomic E-state index is 13.7. The molecule has 6 aromatic carbocycles. The van der Waals surface area contributed by atoms with E-state index in [4.69, 9.17) is 28.4 Å². The molecule has 0 aromatic heterocycles. The molecule has 0 fully saturated rings. The molecule has 0 unspecified atom stereocenters. The smallest absolute Gasteiger partial charge is 0.343 e. The summed E-state index contributed by atoms with van der Waals surface area (Å²) in [4.78, 5) is 49.8. The fourth-order valence-corrected chi connectivity index (χ4v) is 8.57. The molecule has 0 N–H and O–H groups in total. The van der Waals surface area contributed by atoms with Gasteiger partial charge in [0.25, 0.3) is 0 Å². The van der Waals surface area contributed by atoms with E-state index < -0.39 is 23.9 Å². The summed E-state index contributed by atoms with van der Waals surface area (Å²) in [7, 11) is 0. The van der Waals surface area contributed by atoms with Gasteiger partial charge >= 0.3 is 23.9 Å². The Kier molecular flexibility index (Phi) is 26.2. The molecule has 0 aliphatic rings. The van der Waals surface area contributed by atoms with Crippen molar-refractivity contribution in [2.75, 3.05) is 26.4 Å². The second-order valence-corrected chi connectivity index (χ2v) is 19.4. The first-order chi connectivity index (χ1) is 39.2. The summed E-state index contributed by atoms with van der Waals surface area (Å²) in [5.74, 6) is -0.0758. The molecule has 80 heavy (non-hydrogen) atoms. The fourth-order valence-electron chi connectivity index (χ4n) is 8.57. The standard InChI is InChI=1S/C68H76N2O10/c1-5-9-15-21-51-23-27-53(28-24-51)57-35-41-63(79-67(73)55-31-37-61(38-32-55)75-43-17-11-13-19-45-77-65(71)7-3)59(47-57)49-69-70-50-60-48-58(54-29-25-52(26-30-54)22-16-10-6-2)36-42-64(60)80-68(74)56-33-39-62(40-34-56)76-44-18-12-14-20-46-78-66(72)8-4/h7-8,23-42,47-50H,3-6,9-22,43-46H2,1-2H3/b69-49+,70-50+. The van der Waals surface area contributed by atoms with Crippen LogP contribution in [0.2, 0.25) is 0 Å². The molecular formula is C68H76N2O10. The Bertz CT molecular complexity index is 2760. The van der Waals surface area contributed by atoms with Gasteiger partial charge in [0.15, 0.2) is 0 Å². The van der Waals surface area contributed by atoms with Crippen molar-refractivity contribution >= 4 is 36.3 Å². The Balaban J connectivity index is 1.18. The van der Waals surface area contributed by atoms with E-state index in [1.807, 2.05) is 24.3 Å². The molecule has 0 radical (unpaired) electrons. The number of unbranched alkanes of at least 4 members (excludes halogenated alkanes) is 10. The summed E-state index contributed by atoms with van der Waals surface area (Å²) in [5, 5.41) is 8.96. The third kappa shape index (κ3) is 21.1. The van der Waals surface area contributed by atoms with Crippen LogP contribution in [0.4, 0.5) is 0 Å². The zero-order valence-electron chi connectivity index (χ0n) is 46.5. The van der Waals surface area contributed by atoms with E-state index in [-0.39, 0.29) is 0 Å². The molecular weight excluding hydrogens is 1000 g/mol. The normalized spacial score (nSPS) is 11.1. The van der Waals surface area contributed by atoms with E-state index in [0.29, 0.717) is 71.7 Å². The maximum Gasteiger partial charge on any atom is 0.343 e. The lowest BCUT2D eigenvalue weighted by Gasteiger charge is -2.11. The van der Waals surface area contributed by atoms with Crippen molar-refractivity contribution < 1.29 is 47.6 Å². The van der Waals surface area contributed by atoms with Crippen LogP contribution >= 0.6 is 0 Å². The lowest BCUT2D eigenvalue weighted by atomic mass is 9.99. The minimum absolute atomic E-state index is 0.292. The predicted octanol–water partition coefficient (Wildman–Crippen LogP) is 15.7. The van der Waals surface area contributed by atoms with Gasteiger partial charge in [-0.15, -0.1) is 0 Å². The summed E-state index contributed by atoms with van der Waals surface area (Å²) in [5.41, 5.74) is 8.10. The van der Waals surface area contributed by atoms with Crippen LogP contribution in [0.25, 0.3) is 22.3 Å². The van der Waals surface area contributed by atoms with Gasteiger partial charge in [0.2, 0.25) is 0 Å². The van der Waals surface area contributed by atoms with Crippen molar-refractivity contribution in [2.24, 2.45) is 10.2 Å². The van der Waals surface area contributed by atoms with Crippen LogP contribution in [-0.4, -0.2) is 62.7 Å². The fraction of sp³-hybridized carbons (Fsp3) is 0.324. The zero-order chi connectivity index (χ0) is 56.6. The Morgan fingerprint density at radius 3 is 1.14 bits per heavy atom. The van der Waals surface area contributed by atoms with Gasteiger partial charge in [-0.05, 0) is 183 Å². The lowest BCUT2D eigenvalue weighted by molar-refractivity contribution is -0.138. The van der Waals surface area contributed by atoms with E-state index >= 15 is 0 Å². The van der Waals surface area contributed by atoms with Crippen LogP contribution in [0.3, 0.4) is 0 Å². The summed E-state index contributed by atoms with van der Waals surface area (Å²) >= 11 is 0. The molecule has 418 valence electrons. The Morgan fingerprint density at radius 2 is 0.775 bits per heavy atom. The minimum Gasteiger partial charge on any atom is -0.494 e. The van der Waals surface area contributed by atoms with Crippen LogP contribution in [0, 0.1) is 0 Å². The van der Waals surface area contributed by atoms with Gasteiger partial charge in [0.05, 0.1) is 50.0 Å². The number of benzene rings is 6. The Morgan fingerprint density at radius 1 is 0.412 bits per heavy atom. The number of hydrogen-bond acceptors (Lipinski definition) is 12. The average molecular weight is 1080 g/mol. The van der Waals surface area contributed by atoms with Gasteiger partial charge < -0.3 is 28.4 Å². The quantitative estimate of drug-likeness (QED) is 0.00940. The number of rotatable bonds is 35. The van der Waals surface area contributed by atoms with Gasteiger partial charge in [0.1, 0.15) is 23.0 Å². The number of aryl methyl sites for hydroxylation is 2. The second-order valence-electron chi connectivity index (χ2n) is 19.4. The van der Waals surface area contributed by atoms with E-state index in [1.165, 1.54) is 24.0 Å². The average Bonchev–Trinajstić information content (AvgIpc) is 3.51. The highest BCUT2D eigenvalue weighted by molar-refractivity contribution is 5.96. The molecule has 0 saturated heterocycles. The highest BCUT2D eigenvalue weighted by atomic mass is 16.5. The summed E-state index contributed by atoms with van der Waals surface area (Å²) < 4.78 is 34.0. The van der Waals surface area contributed by atoms with Gasteiger partial charge in [-0.25, -0.2) is 19.2 Å². The summed E-state index contributed by atoms with van der Waals surface area (Å²) in [6.07, 6.45) is 21.3. The highest BCUT2D eigenvalue weighted by Crippen LogP contribution is 2.30. The third-order valence-electron chi connectivity index (χ3n) is 13.2. The van der Waals surface area contributed by atoms with Gasteiger partial charge in [-0.2, -0.15) is 10.2 Å². The van der Waals surface area contributed by atoms with Gasteiger partial charge in [-0.3, -0.25) is 0 Å². The number of esters is 4. The van der Waals surface area contributed by atoms with Crippen molar-refractivity contribution in [3.05, 3.63) is 192 Å². The molecule has 0 spiro atoms. The first-order valence-corrected chi connectivity index (χ1v) is 28.2. The number of carbonyl (C=O) groups excluding carboxylic acids is 4. The van der Waals surface area contributed by atoms with Crippen molar-refractivity contribution in [2.45, 2.75) is 117 Å². The monoisotopic (exact) mass is 1080 g/mol. The molecule has 0 atom stereocenters. The molecule has 12 heteroatoms. The number of carbonyl (C=O) groups is 4. The zero-order valence-corrected chi connectivity index (χ0v) is 46.5. The van der Waals surface area contributed by atoms with Crippen molar-refractivity contribution in [3.63, 3.8) is 0 Å². The molecule has 0 bridgehead atoms. The van der Waals surface area contributed by atoms with Crippen LogP contribution in [0.5, 0.6) is 23.0 Å². The van der Waals surface area contributed by atoms with E-state index in [1.54, 1.807) is 73.1 Å². The van der Waals surface area contributed by atoms with Gasteiger partial charge in [0, 0.05) is 23.3 Å². The second kappa shape index (κ2) is 34.5. The topological polar surface area (TPSA) is 148 Å². The Hall–Kier alpha value is -8.38. The number of hydrogen-bond donors (Lipinski definition) is 0.